The third-order valence-electron chi connectivity index (χ3n) is 6.20. The first kappa shape index (κ1) is 26.5. The summed E-state index contributed by atoms with van der Waals surface area (Å²) in [6.07, 6.45) is 1.27. The molecular formula is C25H32N6O5S. The third kappa shape index (κ3) is 5.43. The normalized spacial score (nSPS) is 21.0. The van der Waals surface area contributed by atoms with Crippen LogP contribution in [0.2, 0.25) is 0 Å². The second kappa shape index (κ2) is 10.4. The Bertz CT molecular complexity index is 1310. The molecule has 3 amide bonds. The molecule has 1 aliphatic heterocycles. The fourth-order valence-electron chi connectivity index (χ4n) is 4.01. The number of hydrogen-bond donors (Lipinski definition) is 3. The molecule has 198 valence electrons. The summed E-state index contributed by atoms with van der Waals surface area (Å²) < 4.78 is 11.5. The Morgan fingerprint density at radius 3 is 1.97 bits per heavy atom. The van der Waals surface area contributed by atoms with Crippen molar-refractivity contribution in [2.75, 3.05) is 0 Å². The van der Waals surface area contributed by atoms with Crippen LogP contribution in [0.1, 0.15) is 114 Å². The molecule has 11 nitrogen and oxygen atoms in total. The van der Waals surface area contributed by atoms with Gasteiger partial charge in [0.1, 0.15) is 34.8 Å². The lowest BCUT2D eigenvalue weighted by molar-refractivity contribution is 0.0905. The van der Waals surface area contributed by atoms with Gasteiger partial charge >= 0.3 is 0 Å². The van der Waals surface area contributed by atoms with Crippen molar-refractivity contribution in [3.8, 4) is 0 Å². The Hall–Kier alpha value is -3.54. The summed E-state index contributed by atoms with van der Waals surface area (Å²) in [6, 6.07) is -1.65. The predicted molar refractivity (Wildman–Crippen MR) is 135 cm³/mol. The van der Waals surface area contributed by atoms with Crippen molar-refractivity contribution >= 4 is 29.1 Å². The van der Waals surface area contributed by atoms with E-state index in [2.05, 4.69) is 30.9 Å². The first-order valence-corrected chi connectivity index (χ1v) is 13.1. The van der Waals surface area contributed by atoms with Crippen LogP contribution < -0.4 is 16.0 Å². The molecule has 0 spiro atoms. The zero-order chi connectivity index (χ0) is 27.0. The zero-order valence-corrected chi connectivity index (χ0v) is 22.7. The number of thiazole rings is 1. The maximum atomic E-state index is 13.2. The maximum Gasteiger partial charge on any atom is 0.274 e. The topological polar surface area (TPSA) is 152 Å². The van der Waals surface area contributed by atoms with Gasteiger partial charge in [-0.15, -0.1) is 11.3 Å². The fourth-order valence-corrected chi connectivity index (χ4v) is 5.03. The molecule has 3 aromatic heterocycles. The Kier molecular flexibility index (Phi) is 7.49. The van der Waals surface area contributed by atoms with Crippen molar-refractivity contribution in [3.63, 3.8) is 0 Å². The quantitative estimate of drug-likeness (QED) is 0.459. The van der Waals surface area contributed by atoms with E-state index in [1.807, 2.05) is 41.5 Å². The summed E-state index contributed by atoms with van der Waals surface area (Å²) in [5.41, 5.74) is 0.397. The molecule has 37 heavy (non-hydrogen) atoms. The second-order valence-electron chi connectivity index (χ2n) is 10.2. The second-order valence-corrected chi connectivity index (χ2v) is 11.1. The number of oxazole rings is 2. The summed E-state index contributed by atoms with van der Waals surface area (Å²) in [6.45, 7) is 13.2. The van der Waals surface area contributed by atoms with E-state index in [0.29, 0.717) is 10.8 Å². The lowest BCUT2D eigenvalue weighted by Crippen LogP contribution is -2.34. The molecular weight excluding hydrogens is 496 g/mol. The van der Waals surface area contributed by atoms with E-state index in [4.69, 9.17) is 8.83 Å². The number of nitrogens with zero attached hydrogens (tertiary/aromatic N) is 3. The van der Waals surface area contributed by atoms with Crippen molar-refractivity contribution < 1.29 is 23.2 Å². The Morgan fingerprint density at radius 2 is 1.32 bits per heavy atom. The van der Waals surface area contributed by atoms with Crippen LogP contribution >= 0.6 is 11.3 Å². The molecule has 0 aromatic carbocycles. The molecule has 3 N–H and O–H groups in total. The molecule has 0 radical (unpaired) electrons. The molecule has 0 unspecified atom stereocenters. The van der Waals surface area contributed by atoms with Gasteiger partial charge in [-0.1, -0.05) is 41.5 Å². The Morgan fingerprint density at radius 1 is 0.757 bits per heavy atom. The summed E-state index contributed by atoms with van der Waals surface area (Å²) in [5, 5.41) is 11.0. The Balaban J connectivity index is 1.81. The highest BCUT2D eigenvalue weighted by Gasteiger charge is 2.32. The van der Waals surface area contributed by atoms with Gasteiger partial charge in [-0.05, 0) is 24.7 Å². The van der Waals surface area contributed by atoms with Crippen molar-refractivity contribution in [1.29, 1.82) is 0 Å². The number of rotatable bonds is 3. The first-order valence-electron chi connectivity index (χ1n) is 12.3. The summed E-state index contributed by atoms with van der Waals surface area (Å²) in [5.74, 6) is -0.765. The van der Waals surface area contributed by atoms with Gasteiger partial charge in [0, 0.05) is 5.38 Å². The van der Waals surface area contributed by atoms with Crippen LogP contribution in [0.3, 0.4) is 0 Å². The van der Waals surface area contributed by atoms with Gasteiger partial charge < -0.3 is 24.8 Å². The van der Waals surface area contributed by atoms with Crippen LogP contribution in [-0.4, -0.2) is 32.7 Å². The molecule has 0 saturated heterocycles. The minimum atomic E-state index is -0.615. The average molecular weight is 529 g/mol. The summed E-state index contributed by atoms with van der Waals surface area (Å²) >= 11 is 1.29. The SMILES string of the molecule is Cc1oc2nc1C(=O)N[C@@H](C(C)C)c1nc(co1)C(=O)N[C@@H](C(C)C)c1nc(cs1)C(=O)N[C@@H]2C(C)C. The van der Waals surface area contributed by atoms with E-state index in [-0.39, 0.29) is 46.6 Å². The monoisotopic (exact) mass is 528 g/mol. The molecule has 4 heterocycles. The highest BCUT2D eigenvalue weighted by atomic mass is 32.1. The van der Waals surface area contributed by atoms with Gasteiger partial charge in [-0.2, -0.15) is 0 Å². The molecule has 0 fully saturated rings. The average Bonchev–Trinajstić information content (AvgIpc) is 3.57. The van der Waals surface area contributed by atoms with Crippen LogP contribution in [0.4, 0.5) is 0 Å². The van der Waals surface area contributed by atoms with Crippen LogP contribution in [0.25, 0.3) is 0 Å². The molecule has 3 aromatic rings. The van der Waals surface area contributed by atoms with Crippen molar-refractivity contribution in [3.05, 3.63) is 51.3 Å². The van der Waals surface area contributed by atoms with Gasteiger partial charge in [0.15, 0.2) is 11.4 Å². The van der Waals surface area contributed by atoms with E-state index in [1.54, 1.807) is 12.3 Å². The number of aromatic nitrogens is 3. The van der Waals surface area contributed by atoms with E-state index in [9.17, 15) is 14.4 Å². The molecule has 0 aliphatic carbocycles. The van der Waals surface area contributed by atoms with Gasteiger partial charge in [0.05, 0.1) is 6.04 Å². The number of carbonyl (C=O) groups is 3. The third-order valence-corrected chi connectivity index (χ3v) is 7.12. The number of carbonyl (C=O) groups excluding carboxylic acids is 3. The largest absolute Gasteiger partial charge is 0.446 e. The summed E-state index contributed by atoms with van der Waals surface area (Å²) in [4.78, 5) is 52.7. The van der Waals surface area contributed by atoms with Crippen molar-refractivity contribution in [1.82, 2.24) is 30.9 Å². The van der Waals surface area contributed by atoms with E-state index in [1.165, 1.54) is 17.6 Å². The fraction of sp³-hybridized carbons (Fsp3) is 0.520. The molecule has 12 heteroatoms. The number of hydrogen-bond acceptors (Lipinski definition) is 9. The highest BCUT2D eigenvalue weighted by Crippen LogP contribution is 2.29. The van der Waals surface area contributed by atoms with Crippen LogP contribution in [-0.2, 0) is 0 Å². The lowest BCUT2D eigenvalue weighted by Gasteiger charge is -2.20. The van der Waals surface area contributed by atoms with E-state index >= 15 is 0 Å². The van der Waals surface area contributed by atoms with Gasteiger partial charge in [-0.3, -0.25) is 14.4 Å². The van der Waals surface area contributed by atoms with Gasteiger partial charge in [0.2, 0.25) is 11.8 Å². The number of amides is 3. The van der Waals surface area contributed by atoms with Crippen molar-refractivity contribution in [2.24, 2.45) is 17.8 Å². The number of nitrogens with one attached hydrogen (secondary N) is 3. The molecule has 1 aliphatic rings. The minimum absolute atomic E-state index is 0.0113. The Labute approximate surface area is 218 Å². The molecule has 3 atom stereocenters. The van der Waals surface area contributed by atoms with Crippen molar-refractivity contribution in [2.45, 2.75) is 66.6 Å². The number of aryl methyl sites for hydroxylation is 1. The minimum Gasteiger partial charge on any atom is -0.446 e. The first-order chi connectivity index (χ1) is 17.5. The van der Waals surface area contributed by atoms with Gasteiger partial charge in [-0.25, -0.2) is 15.0 Å². The smallest absolute Gasteiger partial charge is 0.274 e. The highest BCUT2D eigenvalue weighted by molar-refractivity contribution is 7.09. The number of fused-ring (bicyclic) bond motifs is 6. The van der Waals surface area contributed by atoms with Crippen LogP contribution in [0, 0.1) is 24.7 Å². The molecule has 6 bridgehead atoms. The maximum absolute atomic E-state index is 13.2. The standard InChI is InChI=1S/C25H32N6O5S/c1-10(2)16-23-26-14(8-35-23)20(32)30-18(12(5)6)25-27-15(9-37-25)21(33)28-17(11(3)4)24-31-19(13(7)36-24)22(34)29-16/h8-12,16-18H,1-7H3,(H,28,33)(H,29,34)(H,30,32)/t16-,17+,18-/m0/s1. The van der Waals surface area contributed by atoms with E-state index in [0.717, 1.165) is 0 Å². The van der Waals surface area contributed by atoms with Gasteiger partial charge in [0.25, 0.3) is 17.7 Å². The lowest BCUT2D eigenvalue weighted by atomic mass is 10.0. The van der Waals surface area contributed by atoms with Crippen LogP contribution in [0.15, 0.2) is 20.5 Å². The van der Waals surface area contributed by atoms with Crippen LogP contribution in [0.5, 0.6) is 0 Å². The summed E-state index contributed by atoms with van der Waals surface area (Å²) in [7, 11) is 0. The zero-order valence-electron chi connectivity index (χ0n) is 21.9. The molecule has 0 saturated carbocycles. The van der Waals surface area contributed by atoms with E-state index < -0.39 is 35.8 Å². The predicted octanol–water partition coefficient (Wildman–Crippen LogP) is 4.12. The molecule has 4 rings (SSSR count).